The number of rotatable bonds is 4. The van der Waals surface area contributed by atoms with Crippen LogP contribution < -0.4 is 9.03 Å². The van der Waals surface area contributed by atoms with Crippen molar-refractivity contribution in [2.75, 3.05) is 30.5 Å². The number of carbonyl (C=O) groups excluding carboxylic acids is 1. The molecule has 1 saturated carbocycles. The van der Waals surface area contributed by atoms with E-state index in [1.54, 1.807) is 4.72 Å². The molecule has 2 heterocycles. The molecule has 0 radical (unpaired) electrons. The van der Waals surface area contributed by atoms with Gasteiger partial charge in [-0.3, -0.25) is 4.79 Å². The Morgan fingerprint density at radius 2 is 2.04 bits per heavy atom. The Kier molecular flexibility index (Phi) is 4.11. The Hall–Kier alpha value is -1.87. The van der Waals surface area contributed by atoms with Crippen LogP contribution in [0.25, 0.3) is 0 Å². The highest BCUT2D eigenvalue weighted by Crippen LogP contribution is 2.47. The average Bonchev–Trinajstić information content (AvgIpc) is 3.06. The summed E-state index contributed by atoms with van der Waals surface area (Å²) in [4.78, 5) is 13.7. The highest BCUT2D eigenvalue weighted by atomic mass is 32.2. The Labute approximate surface area is 152 Å². The summed E-state index contributed by atoms with van der Waals surface area (Å²) in [6, 6.07) is 2.62. The molecular formula is C17H22FN3O4S. The zero-order valence-corrected chi connectivity index (χ0v) is 15.2. The lowest BCUT2D eigenvalue weighted by Gasteiger charge is -2.38. The van der Waals surface area contributed by atoms with Crippen LogP contribution in [0.15, 0.2) is 12.1 Å². The van der Waals surface area contributed by atoms with Gasteiger partial charge in [-0.1, -0.05) is 6.42 Å². The van der Waals surface area contributed by atoms with E-state index in [-0.39, 0.29) is 0 Å². The Morgan fingerprint density at radius 1 is 1.27 bits per heavy atom. The second-order valence-electron chi connectivity index (χ2n) is 7.61. The summed E-state index contributed by atoms with van der Waals surface area (Å²) in [6.45, 7) is 2.37. The molecule has 142 valence electrons. The molecular weight excluding hydrogens is 361 g/mol. The summed E-state index contributed by atoms with van der Waals surface area (Å²) in [6.07, 6.45) is 5.70. The van der Waals surface area contributed by atoms with Gasteiger partial charge < -0.3 is 10.0 Å². The van der Waals surface area contributed by atoms with Crippen molar-refractivity contribution in [3.05, 3.63) is 23.5 Å². The molecule has 1 aliphatic carbocycles. The highest BCUT2D eigenvalue weighted by molar-refractivity contribution is 7.92. The minimum Gasteiger partial charge on any atom is -0.506 e. The van der Waals surface area contributed by atoms with E-state index in [2.05, 4.69) is 4.90 Å². The van der Waals surface area contributed by atoms with Crippen LogP contribution in [0, 0.1) is 11.2 Å². The zero-order chi connectivity index (χ0) is 18.5. The maximum atomic E-state index is 14.5. The molecule has 7 nitrogen and oxygen atoms in total. The summed E-state index contributed by atoms with van der Waals surface area (Å²) in [7, 11) is -4.16. The van der Waals surface area contributed by atoms with Crippen molar-refractivity contribution in [2.24, 2.45) is 5.41 Å². The minimum absolute atomic E-state index is 0.475. The third-order valence-corrected chi connectivity index (χ3v) is 7.20. The van der Waals surface area contributed by atoms with Gasteiger partial charge in [0.1, 0.15) is 18.0 Å². The zero-order valence-electron chi connectivity index (χ0n) is 14.4. The number of aromatic hydroxyl groups is 1. The van der Waals surface area contributed by atoms with Crippen LogP contribution in [-0.4, -0.2) is 50.5 Å². The van der Waals surface area contributed by atoms with Crippen molar-refractivity contribution < 1.29 is 22.7 Å². The van der Waals surface area contributed by atoms with Crippen LogP contribution >= 0.6 is 0 Å². The average molecular weight is 383 g/mol. The number of amides is 1. The smallest absolute Gasteiger partial charge is 0.326 e. The first kappa shape index (κ1) is 17.5. The summed E-state index contributed by atoms with van der Waals surface area (Å²) < 4.78 is 40.6. The topological polar surface area (TPSA) is 90.0 Å². The number of benzene rings is 1. The fourth-order valence-electron chi connectivity index (χ4n) is 4.27. The summed E-state index contributed by atoms with van der Waals surface area (Å²) in [5.41, 5.74) is 0.622. The summed E-state index contributed by atoms with van der Waals surface area (Å²) >= 11 is 0. The molecule has 26 heavy (non-hydrogen) atoms. The Morgan fingerprint density at radius 3 is 2.58 bits per heavy atom. The van der Waals surface area contributed by atoms with Gasteiger partial charge in [0, 0.05) is 13.1 Å². The standard InChI is InChI=1S/C17H22FN3O4S/c18-13-8-12(2-6-20-7-5-17(11-20)3-1-4-17)9-14(22)16(13)21-10-15(23)19-26(21,24)25/h8-9,22H,1-7,10-11H2,(H,19,23). The van der Waals surface area contributed by atoms with Crippen molar-refractivity contribution in [2.45, 2.75) is 32.1 Å². The lowest BCUT2D eigenvalue weighted by atomic mass is 9.68. The number of anilines is 1. The number of hydrogen-bond donors (Lipinski definition) is 2. The van der Waals surface area contributed by atoms with Gasteiger partial charge in [0.25, 0.3) is 5.91 Å². The van der Waals surface area contributed by atoms with Gasteiger partial charge >= 0.3 is 10.2 Å². The van der Waals surface area contributed by atoms with Crippen LogP contribution in [0.2, 0.25) is 0 Å². The van der Waals surface area contributed by atoms with Crippen molar-refractivity contribution >= 4 is 21.8 Å². The normalized spacial score (nSPS) is 24.0. The molecule has 1 aromatic carbocycles. The third kappa shape index (κ3) is 3.03. The van der Waals surface area contributed by atoms with Crippen molar-refractivity contribution in [3.63, 3.8) is 0 Å². The van der Waals surface area contributed by atoms with E-state index in [1.807, 2.05) is 0 Å². The van der Waals surface area contributed by atoms with Crippen LogP contribution in [0.4, 0.5) is 10.1 Å². The van der Waals surface area contributed by atoms with Crippen LogP contribution in [0.1, 0.15) is 31.2 Å². The summed E-state index contributed by atoms with van der Waals surface area (Å²) in [5.74, 6) is -2.08. The number of nitrogens with zero attached hydrogens (tertiary/aromatic N) is 2. The second-order valence-corrected chi connectivity index (χ2v) is 9.21. The maximum absolute atomic E-state index is 14.5. The predicted molar refractivity (Wildman–Crippen MR) is 93.5 cm³/mol. The SMILES string of the molecule is O=C1CN(c2c(O)cc(CCN3CCC4(CCC4)C3)cc2F)S(=O)(=O)N1. The number of phenolic OH excluding ortho intramolecular Hbond substituents is 1. The van der Waals surface area contributed by atoms with Gasteiger partial charge in [-0.05, 0) is 55.3 Å². The van der Waals surface area contributed by atoms with E-state index in [9.17, 15) is 22.7 Å². The van der Waals surface area contributed by atoms with Gasteiger partial charge in [0.2, 0.25) is 0 Å². The van der Waals surface area contributed by atoms with Crippen LogP contribution in [0.5, 0.6) is 5.75 Å². The van der Waals surface area contributed by atoms with Crippen molar-refractivity contribution in [1.82, 2.24) is 9.62 Å². The molecule has 1 amide bonds. The molecule has 4 rings (SSSR count). The Bertz CT molecular complexity index is 831. The quantitative estimate of drug-likeness (QED) is 0.814. The van der Waals surface area contributed by atoms with Crippen molar-refractivity contribution in [1.29, 1.82) is 0 Å². The number of phenols is 1. The second kappa shape index (κ2) is 6.09. The third-order valence-electron chi connectivity index (χ3n) is 5.82. The fourth-order valence-corrected chi connectivity index (χ4v) is 5.44. The molecule has 1 spiro atoms. The summed E-state index contributed by atoms with van der Waals surface area (Å²) in [5, 5.41) is 10.2. The lowest BCUT2D eigenvalue weighted by Crippen LogP contribution is -2.33. The molecule has 0 atom stereocenters. The molecule has 0 unspecified atom stereocenters. The predicted octanol–water partition coefficient (Wildman–Crippen LogP) is 1.13. The molecule has 1 aromatic rings. The molecule has 9 heteroatoms. The monoisotopic (exact) mass is 383 g/mol. The van der Waals surface area contributed by atoms with Crippen LogP contribution in [0.3, 0.4) is 0 Å². The van der Waals surface area contributed by atoms with Crippen LogP contribution in [-0.2, 0) is 21.4 Å². The molecule has 2 aliphatic heterocycles. The Balaban J connectivity index is 1.47. The van der Waals surface area contributed by atoms with Gasteiger partial charge in [-0.25, -0.2) is 13.4 Å². The molecule has 0 bridgehead atoms. The van der Waals surface area contributed by atoms with E-state index in [0.717, 1.165) is 19.6 Å². The van der Waals surface area contributed by atoms with E-state index in [4.69, 9.17) is 0 Å². The first-order valence-corrected chi connectivity index (χ1v) is 10.3. The molecule has 2 saturated heterocycles. The maximum Gasteiger partial charge on any atom is 0.326 e. The minimum atomic E-state index is -4.16. The molecule has 2 N–H and O–H groups in total. The number of hydrogen-bond acceptors (Lipinski definition) is 5. The number of carbonyl (C=O) groups is 1. The fraction of sp³-hybridized carbons (Fsp3) is 0.588. The van der Waals surface area contributed by atoms with E-state index >= 15 is 0 Å². The molecule has 3 aliphatic rings. The van der Waals surface area contributed by atoms with Gasteiger partial charge in [-0.2, -0.15) is 8.42 Å². The number of halogens is 1. The number of nitrogens with one attached hydrogen (secondary N) is 1. The molecule has 3 fully saturated rings. The van der Waals surface area contributed by atoms with Gasteiger partial charge in [-0.15, -0.1) is 0 Å². The van der Waals surface area contributed by atoms with Crippen molar-refractivity contribution in [3.8, 4) is 5.75 Å². The number of likely N-dealkylation sites (tertiary alicyclic amines) is 1. The highest BCUT2D eigenvalue weighted by Gasteiger charge is 2.42. The van der Waals surface area contributed by atoms with E-state index in [0.29, 0.717) is 21.7 Å². The van der Waals surface area contributed by atoms with E-state index < -0.39 is 39.9 Å². The lowest BCUT2D eigenvalue weighted by molar-refractivity contribution is -0.117. The first-order valence-electron chi connectivity index (χ1n) is 8.85. The van der Waals surface area contributed by atoms with Gasteiger partial charge in [0.15, 0.2) is 5.82 Å². The van der Waals surface area contributed by atoms with Gasteiger partial charge in [0.05, 0.1) is 0 Å². The molecule has 0 aromatic heterocycles. The first-order chi connectivity index (χ1) is 12.3. The largest absolute Gasteiger partial charge is 0.506 e. The van der Waals surface area contributed by atoms with E-state index in [1.165, 1.54) is 37.8 Å².